The van der Waals surface area contributed by atoms with Gasteiger partial charge < -0.3 is 18.8 Å². The summed E-state index contributed by atoms with van der Waals surface area (Å²) in [6.45, 7) is 1.24. The summed E-state index contributed by atoms with van der Waals surface area (Å²) in [6.07, 6.45) is 4.67. The van der Waals surface area contributed by atoms with Gasteiger partial charge in [0.2, 0.25) is 5.88 Å². The highest BCUT2D eigenvalue weighted by molar-refractivity contribution is 5.96. The standard InChI is InChI=1S/C19H19N3O4/c1-24-15-2-3-16-13(10-15)11-17(26-16)19(23)22-8-5-14(6-9-22)25-18-4-7-20-12-21-18/h2-4,7,10-12,14H,5-6,8-9H2,1H3. The number of piperidine rings is 1. The Hall–Kier alpha value is -3.09. The number of benzene rings is 1. The van der Waals surface area contributed by atoms with E-state index in [-0.39, 0.29) is 12.0 Å². The normalized spacial score (nSPS) is 15.2. The lowest BCUT2D eigenvalue weighted by Crippen LogP contribution is -2.41. The number of likely N-dealkylation sites (tertiary alicyclic amines) is 1. The predicted octanol–water partition coefficient (Wildman–Crippen LogP) is 2.92. The number of furan rings is 1. The van der Waals surface area contributed by atoms with Crippen molar-refractivity contribution in [1.82, 2.24) is 14.9 Å². The number of ether oxygens (including phenoxy) is 2. The number of carbonyl (C=O) groups is 1. The maximum Gasteiger partial charge on any atom is 0.289 e. The summed E-state index contributed by atoms with van der Waals surface area (Å²) in [5, 5.41) is 0.856. The molecule has 0 radical (unpaired) electrons. The maximum absolute atomic E-state index is 12.7. The minimum absolute atomic E-state index is 0.0499. The number of fused-ring (bicyclic) bond motifs is 1. The first kappa shape index (κ1) is 16.4. The van der Waals surface area contributed by atoms with E-state index < -0.39 is 0 Å². The predicted molar refractivity (Wildman–Crippen MR) is 94.4 cm³/mol. The molecule has 0 spiro atoms. The fourth-order valence-electron chi connectivity index (χ4n) is 3.11. The lowest BCUT2D eigenvalue weighted by Gasteiger charge is -2.31. The molecule has 0 bridgehead atoms. The smallest absolute Gasteiger partial charge is 0.289 e. The van der Waals surface area contributed by atoms with Crippen LogP contribution in [0.25, 0.3) is 11.0 Å². The Kier molecular flexibility index (Phi) is 4.43. The number of aromatic nitrogens is 2. The van der Waals surface area contributed by atoms with Gasteiger partial charge in [0.05, 0.1) is 7.11 Å². The number of rotatable bonds is 4. The highest BCUT2D eigenvalue weighted by Crippen LogP contribution is 2.26. The molecule has 1 saturated heterocycles. The minimum Gasteiger partial charge on any atom is -0.497 e. The number of hydrogen-bond donors (Lipinski definition) is 0. The number of hydrogen-bond acceptors (Lipinski definition) is 6. The largest absolute Gasteiger partial charge is 0.497 e. The van der Waals surface area contributed by atoms with E-state index >= 15 is 0 Å². The summed E-state index contributed by atoms with van der Waals surface area (Å²) in [4.78, 5) is 22.5. The minimum atomic E-state index is -0.0966. The highest BCUT2D eigenvalue weighted by Gasteiger charge is 2.26. The van der Waals surface area contributed by atoms with Gasteiger partial charge in [0.15, 0.2) is 5.76 Å². The van der Waals surface area contributed by atoms with Gasteiger partial charge in [-0.05, 0) is 24.3 Å². The molecule has 1 aliphatic heterocycles. The van der Waals surface area contributed by atoms with Gasteiger partial charge in [-0.2, -0.15) is 0 Å². The third-order valence-electron chi connectivity index (χ3n) is 4.51. The van der Waals surface area contributed by atoms with Crippen LogP contribution in [-0.2, 0) is 0 Å². The Labute approximate surface area is 150 Å². The van der Waals surface area contributed by atoms with Crippen LogP contribution in [0.3, 0.4) is 0 Å². The molecule has 26 heavy (non-hydrogen) atoms. The summed E-state index contributed by atoms with van der Waals surface area (Å²) in [5.74, 6) is 1.56. The molecule has 2 aromatic heterocycles. The van der Waals surface area contributed by atoms with Gasteiger partial charge in [0, 0.05) is 43.6 Å². The quantitative estimate of drug-likeness (QED) is 0.718. The Balaban J connectivity index is 1.40. The van der Waals surface area contributed by atoms with Gasteiger partial charge in [0.25, 0.3) is 5.91 Å². The van der Waals surface area contributed by atoms with Gasteiger partial charge in [-0.15, -0.1) is 0 Å². The summed E-state index contributed by atoms with van der Waals surface area (Å²) in [5.41, 5.74) is 0.677. The first-order valence-electron chi connectivity index (χ1n) is 8.52. The van der Waals surface area contributed by atoms with Crippen molar-refractivity contribution in [1.29, 1.82) is 0 Å². The lowest BCUT2D eigenvalue weighted by molar-refractivity contribution is 0.0561. The Morgan fingerprint density at radius 2 is 2.08 bits per heavy atom. The molecule has 7 nitrogen and oxygen atoms in total. The molecule has 3 heterocycles. The zero-order valence-electron chi connectivity index (χ0n) is 14.4. The fraction of sp³-hybridized carbons (Fsp3) is 0.316. The van der Waals surface area contributed by atoms with E-state index in [1.165, 1.54) is 6.33 Å². The van der Waals surface area contributed by atoms with Crippen LogP contribution in [0, 0.1) is 0 Å². The van der Waals surface area contributed by atoms with Crippen molar-refractivity contribution in [2.24, 2.45) is 0 Å². The van der Waals surface area contributed by atoms with E-state index in [2.05, 4.69) is 9.97 Å². The third kappa shape index (κ3) is 3.33. The van der Waals surface area contributed by atoms with Crippen LogP contribution >= 0.6 is 0 Å². The van der Waals surface area contributed by atoms with E-state index in [1.54, 1.807) is 30.3 Å². The van der Waals surface area contributed by atoms with E-state index in [0.29, 0.717) is 30.3 Å². The van der Waals surface area contributed by atoms with E-state index in [0.717, 1.165) is 24.0 Å². The second-order valence-electron chi connectivity index (χ2n) is 6.17. The van der Waals surface area contributed by atoms with Crippen molar-refractivity contribution in [3.05, 3.63) is 48.6 Å². The zero-order valence-corrected chi connectivity index (χ0v) is 14.4. The molecule has 0 saturated carbocycles. The zero-order chi connectivity index (χ0) is 17.9. The van der Waals surface area contributed by atoms with Crippen LogP contribution in [0.1, 0.15) is 23.4 Å². The summed E-state index contributed by atoms with van der Waals surface area (Å²) in [6, 6.07) is 8.99. The average molecular weight is 353 g/mol. The van der Waals surface area contributed by atoms with Gasteiger partial charge in [0.1, 0.15) is 23.8 Å². The average Bonchev–Trinajstić information content (AvgIpc) is 3.12. The van der Waals surface area contributed by atoms with Crippen molar-refractivity contribution in [3.8, 4) is 11.6 Å². The monoisotopic (exact) mass is 353 g/mol. The highest BCUT2D eigenvalue weighted by atomic mass is 16.5. The van der Waals surface area contributed by atoms with Gasteiger partial charge in [-0.25, -0.2) is 9.97 Å². The molecular weight excluding hydrogens is 334 g/mol. The molecule has 1 fully saturated rings. The van der Waals surface area contributed by atoms with E-state index in [4.69, 9.17) is 13.9 Å². The van der Waals surface area contributed by atoms with E-state index in [9.17, 15) is 4.79 Å². The second-order valence-corrected chi connectivity index (χ2v) is 6.17. The summed E-state index contributed by atoms with van der Waals surface area (Å²) in [7, 11) is 1.61. The van der Waals surface area contributed by atoms with Crippen LogP contribution in [0.4, 0.5) is 0 Å². The second kappa shape index (κ2) is 7.03. The maximum atomic E-state index is 12.7. The summed E-state index contributed by atoms with van der Waals surface area (Å²) >= 11 is 0. The molecule has 1 amide bonds. The Morgan fingerprint density at radius 1 is 1.23 bits per heavy atom. The number of nitrogens with zero attached hydrogens (tertiary/aromatic N) is 3. The van der Waals surface area contributed by atoms with Gasteiger partial charge >= 0.3 is 0 Å². The SMILES string of the molecule is COc1ccc2oc(C(=O)N3CCC(Oc4ccncn4)CC3)cc2c1. The van der Waals surface area contributed by atoms with Crippen LogP contribution in [0.2, 0.25) is 0 Å². The molecular formula is C19H19N3O4. The lowest BCUT2D eigenvalue weighted by atomic mass is 10.1. The van der Waals surface area contributed by atoms with Crippen LogP contribution in [0.15, 0.2) is 47.3 Å². The van der Waals surface area contributed by atoms with Crippen LogP contribution < -0.4 is 9.47 Å². The Morgan fingerprint density at radius 3 is 2.81 bits per heavy atom. The first-order valence-corrected chi connectivity index (χ1v) is 8.52. The van der Waals surface area contributed by atoms with E-state index in [1.807, 2.05) is 18.2 Å². The van der Waals surface area contributed by atoms with Crippen LogP contribution in [-0.4, -0.2) is 47.1 Å². The molecule has 3 aromatic rings. The molecule has 4 rings (SSSR count). The van der Waals surface area contributed by atoms with Crippen molar-refractivity contribution in [2.45, 2.75) is 18.9 Å². The fourth-order valence-corrected chi connectivity index (χ4v) is 3.11. The number of amides is 1. The van der Waals surface area contributed by atoms with Crippen molar-refractivity contribution in [2.75, 3.05) is 20.2 Å². The number of carbonyl (C=O) groups excluding carboxylic acids is 1. The molecule has 1 aliphatic rings. The molecule has 0 atom stereocenters. The first-order chi connectivity index (χ1) is 12.7. The Bertz CT molecular complexity index is 902. The molecule has 1 aromatic carbocycles. The van der Waals surface area contributed by atoms with Gasteiger partial charge in [-0.1, -0.05) is 0 Å². The van der Waals surface area contributed by atoms with Crippen molar-refractivity contribution in [3.63, 3.8) is 0 Å². The summed E-state index contributed by atoms with van der Waals surface area (Å²) < 4.78 is 16.8. The molecule has 0 N–H and O–H groups in total. The molecule has 0 unspecified atom stereocenters. The third-order valence-corrected chi connectivity index (χ3v) is 4.51. The topological polar surface area (TPSA) is 77.7 Å². The molecule has 134 valence electrons. The van der Waals surface area contributed by atoms with Gasteiger partial charge in [-0.3, -0.25) is 4.79 Å². The molecule has 7 heteroatoms. The van der Waals surface area contributed by atoms with Crippen molar-refractivity contribution >= 4 is 16.9 Å². The van der Waals surface area contributed by atoms with Crippen LogP contribution in [0.5, 0.6) is 11.6 Å². The molecule has 0 aliphatic carbocycles. The van der Waals surface area contributed by atoms with Crippen molar-refractivity contribution < 1.29 is 18.7 Å². The number of methoxy groups -OCH3 is 1.